The average molecular weight is 329 g/mol. The third-order valence-electron chi connectivity index (χ3n) is 2.32. The fourth-order valence-electron chi connectivity index (χ4n) is 1.41. The summed E-state index contributed by atoms with van der Waals surface area (Å²) >= 11 is 4.49. The molecule has 6 heteroatoms. The molecule has 0 N–H and O–H groups in total. The van der Waals surface area contributed by atoms with Gasteiger partial charge in [0.05, 0.1) is 10.9 Å². The van der Waals surface area contributed by atoms with Crippen molar-refractivity contribution in [2.75, 3.05) is 0 Å². The second-order valence-electron chi connectivity index (χ2n) is 3.73. The molecular weight excluding hydrogens is 319 g/mol. The monoisotopic (exact) mass is 328 g/mol. The first-order valence-corrected chi connectivity index (χ1v) is 6.85. The predicted molar refractivity (Wildman–Crippen MR) is 71.7 cm³/mol. The number of nitrogens with zero attached hydrogens (tertiary/aromatic N) is 2. The molecule has 1 aromatic carbocycles. The van der Waals surface area contributed by atoms with Gasteiger partial charge in [0, 0.05) is 18.6 Å². The van der Waals surface area contributed by atoms with E-state index in [-0.39, 0.29) is 18.1 Å². The molecule has 0 aliphatic rings. The molecule has 2 rings (SSSR count). The number of carbonyl (C=O) groups excluding carboxylic acids is 1. The van der Waals surface area contributed by atoms with E-state index in [1.165, 1.54) is 17.4 Å². The van der Waals surface area contributed by atoms with Gasteiger partial charge in [0.1, 0.15) is 5.82 Å². The summed E-state index contributed by atoms with van der Waals surface area (Å²) in [7, 11) is 1.83. The SMILES string of the molecule is Cn1ccsc1=NC(=O)Cc1ccc(F)c(Br)c1. The second kappa shape index (κ2) is 5.58. The summed E-state index contributed by atoms with van der Waals surface area (Å²) in [4.78, 5) is 16.4. The molecule has 0 saturated heterocycles. The highest BCUT2D eigenvalue weighted by atomic mass is 79.9. The van der Waals surface area contributed by atoms with Crippen molar-refractivity contribution in [3.63, 3.8) is 0 Å². The van der Waals surface area contributed by atoms with Crippen molar-refractivity contribution < 1.29 is 9.18 Å². The van der Waals surface area contributed by atoms with Crippen LogP contribution in [-0.2, 0) is 18.3 Å². The van der Waals surface area contributed by atoms with E-state index in [4.69, 9.17) is 0 Å². The molecule has 0 aliphatic carbocycles. The molecule has 0 bridgehead atoms. The molecule has 94 valence electrons. The standard InChI is InChI=1S/C12H10BrFN2OS/c1-16-4-5-18-12(16)15-11(17)7-8-2-3-10(14)9(13)6-8/h2-6H,7H2,1H3. The number of amides is 1. The van der Waals surface area contributed by atoms with Crippen LogP contribution in [0.5, 0.6) is 0 Å². The zero-order chi connectivity index (χ0) is 13.1. The van der Waals surface area contributed by atoms with Crippen LogP contribution < -0.4 is 4.80 Å². The molecule has 18 heavy (non-hydrogen) atoms. The van der Waals surface area contributed by atoms with Crippen LogP contribution in [0.4, 0.5) is 4.39 Å². The quantitative estimate of drug-likeness (QED) is 0.834. The van der Waals surface area contributed by atoms with E-state index in [9.17, 15) is 9.18 Å². The molecular formula is C12H10BrFN2OS. The number of thiazole rings is 1. The Morgan fingerprint density at radius 2 is 2.33 bits per heavy atom. The first-order chi connectivity index (χ1) is 8.56. The average Bonchev–Trinajstić information content (AvgIpc) is 2.70. The Morgan fingerprint density at radius 1 is 1.56 bits per heavy atom. The molecule has 0 fully saturated rings. The lowest BCUT2D eigenvalue weighted by molar-refractivity contribution is -0.117. The van der Waals surface area contributed by atoms with Crippen molar-refractivity contribution in [2.24, 2.45) is 12.0 Å². The van der Waals surface area contributed by atoms with E-state index in [2.05, 4.69) is 20.9 Å². The Morgan fingerprint density at radius 3 is 2.94 bits per heavy atom. The number of halogens is 2. The number of aromatic nitrogens is 1. The highest BCUT2D eigenvalue weighted by molar-refractivity contribution is 9.10. The molecule has 1 amide bonds. The topological polar surface area (TPSA) is 34.4 Å². The highest BCUT2D eigenvalue weighted by Crippen LogP contribution is 2.17. The maximum absolute atomic E-state index is 13.0. The molecule has 1 aromatic heterocycles. The molecule has 0 spiro atoms. The molecule has 3 nitrogen and oxygen atoms in total. The molecule has 0 unspecified atom stereocenters. The number of benzene rings is 1. The zero-order valence-corrected chi connectivity index (χ0v) is 12.0. The minimum absolute atomic E-state index is 0.163. The fourth-order valence-corrected chi connectivity index (χ4v) is 2.58. The van der Waals surface area contributed by atoms with Gasteiger partial charge in [-0.3, -0.25) is 4.79 Å². The maximum atomic E-state index is 13.0. The molecule has 1 heterocycles. The largest absolute Gasteiger partial charge is 0.327 e. The summed E-state index contributed by atoms with van der Waals surface area (Å²) in [6.45, 7) is 0. The third-order valence-corrected chi connectivity index (χ3v) is 3.77. The Kier molecular flexibility index (Phi) is 4.08. The van der Waals surface area contributed by atoms with Gasteiger partial charge in [-0.25, -0.2) is 4.39 Å². The van der Waals surface area contributed by atoms with Crippen LogP contribution in [0.15, 0.2) is 39.2 Å². The van der Waals surface area contributed by atoms with E-state index >= 15 is 0 Å². The smallest absolute Gasteiger partial charge is 0.252 e. The van der Waals surface area contributed by atoms with E-state index in [1.807, 2.05) is 18.6 Å². The Bertz CT molecular complexity index is 648. The first-order valence-electron chi connectivity index (χ1n) is 5.18. The summed E-state index contributed by atoms with van der Waals surface area (Å²) in [6, 6.07) is 4.51. The van der Waals surface area contributed by atoms with Crippen molar-refractivity contribution in [1.29, 1.82) is 0 Å². The van der Waals surface area contributed by atoms with Crippen LogP contribution in [0.3, 0.4) is 0 Å². The number of aryl methyl sites for hydroxylation is 1. The van der Waals surface area contributed by atoms with Gasteiger partial charge in [-0.2, -0.15) is 4.99 Å². The lowest BCUT2D eigenvalue weighted by atomic mass is 10.1. The van der Waals surface area contributed by atoms with Crippen LogP contribution in [0.1, 0.15) is 5.56 Å². The van der Waals surface area contributed by atoms with Crippen molar-refractivity contribution in [1.82, 2.24) is 4.57 Å². The summed E-state index contributed by atoms with van der Waals surface area (Å²) in [5.41, 5.74) is 0.733. The van der Waals surface area contributed by atoms with Crippen molar-refractivity contribution in [3.05, 3.63) is 50.4 Å². The van der Waals surface area contributed by atoms with E-state index < -0.39 is 0 Å². The van der Waals surface area contributed by atoms with E-state index in [0.717, 1.165) is 5.56 Å². The van der Waals surface area contributed by atoms with Gasteiger partial charge in [0.15, 0.2) is 4.80 Å². The maximum Gasteiger partial charge on any atom is 0.252 e. The Balaban J connectivity index is 2.17. The Hall–Kier alpha value is -1.27. The summed E-state index contributed by atoms with van der Waals surface area (Å²) in [5.74, 6) is -0.584. The van der Waals surface area contributed by atoms with Gasteiger partial charge >= 0.3 is 0 Å². The number of carbonyl (C=O) groups is 1. The molecule has 0 aliphatic heterocycles. The van der Waals surface area contributed by atoms with Gasteiger partial charge in [-0.1, -0.05) is 6.07 Å². The van der Waals surface area contributed by atoms with Crippen LogP contribution >= 0.6 is 27.3 Å². The van der Waals surface area contributed by atoms with Crippen molar-refractivity contribution >= 4 is 33.2 Å². The van der Waals surface area contributed by atoms with E-state index in [1.54, 1.807) is 16.7 Å². The minimum Gasteiger partial charge on any atom is -0.327 e. The molecule has 0 saturated carbocycles. The third kappa shape index (κ3) is 3.14. The van der Waals surface area contributed by atoms with Gasteiger partial charge < -0.3 is 4.57 Å². The summed E-state index contributed by atoms with van der Waals surface area (Å²) < 4.78 is 15.2. The van der Waals surface area contributed by atoms with Crippen LogP contribution in [0.2, 0.25) is 0 Å². The summed E-state index contributed by atoms with van der Waals surface area (Å²) in [5, 5.41) is 1.86. The molecule has 0 atom stereocenters. The highest BCUT2D eigenvalue weighted by Gasteiger charge is 2.05. The Labute approximate surface area is 116 Å². The normalized spacial score (nSPS) is 11.8. The lowest BCUT2D eigenvalue weighted by Gasteiger charge is -1.99. The lowest BCUT2D eigenvalue weighted by Crippen LogP contribution is -2.13. The first kappa shape index (κ1) is 13.2. The van der Waals surface area contributed by atoms with Crippen molar-refractivity contribution in [2.45, 2.75) is 6.42 Å². The van der Waals surface area contributed by atoms with Crippen LogP contribution in [-0.4, -0.2) is 10.5 Å². The molecule has 0 radical (unpaired) electrons. The van der Waals surface area contributed by atoms with Crippen LogP contribution in [0, 0.1) is 5.82 Å². The number of hydrogen-bond donors (Lipinski definition) is 0. The number of rotatable bonds is 2. The zero-order valence-electron chi connectivity index (χ0n) is 9.56. The van der Waals surface area contributed by atoms with Gasteiger partial charge in [0.2, 0.25) is 0 Å². The van der Waals surface area contributed by atoms with Crippen LogP contribution in [0.25, 0.3) is 0 Å². The van der Waals surface area contributed by atoms with Crippen molar-refractivity contribution in [3.8, 4) is 0 Å². The summed E-state index contributed by atoms with van der Waals surface area (Å²) in [6.07, 6.45) is 2.00. The fraction of sp³-hybridized carbons (Fsp3) is 0.167. The minimum atomic E-state index is -0.340. The van der Waals surface area contributed by atoms with Gasteiger partial charge in [-0.15, -0.1) is 11.3 Å². The van der Waals surface area contributed by atoms with Gasteiger partial charge in [0.25, 0.3) is 5.91 Å². The number of hydrogen-bond acceptors (Lipinski definition) is 2. The second-order valence-corrected chi connectivity index (χ2v) is 5.45. The van der Waals surface area contributed by atoms with Gasteiger partial charge in [-0.05, 0) is 33.6 Å². The molecule has 2 aromatic rings. The van der Waals surface area contributed by atoms with E-state index in [0.29, 0.717) is 9.27 Å². The predicted octanol–water partition coefficient (Wildman–Crippen LogP) is 2.66.